The van der Waals surface area contributed by atoms with Crippen LogP contribution >= 0.6 is 0 Å². The zero-order valence-corrected chi connectivity index (χ0v) is 18.2. The fraction of sp³-hybridized carbons (Fsp3) is 0.440. The molecule has 0 bridgehead atoms. The van der Waals surface area contributed by atoms with Gasteiger partial charge >= 0.3 is 0 Å². The molecule has 1 aliphatic rings. The molecule has 0 radical (unpaired) electrons. The smallest absolute Gasteiger partial charge is 0.262 e. The van der Waals surface area contributed by atoms with Crippen LogP contribution < -0.4 is 15.4 Å². The largest absolute Gasteiger partial charge is 0.483 e. The van der Waals surface area contributed by atoms with Gasteiger partial charge in [0.2, 0.25) is 0 Å². The summed E-state index contributed by atoms with van der Waals surface area (Å²) in [5.41, 5.74) is 3.14. The Hall–Kier alpha value is -2.82. The molecule has 1 fully saturated rings. The Labute approximate surface area is 179 Å². The van der Waals surface area contributed by atoms with Crippen molar-refractivity contribution < 1.29 is 14.3 Å². The van der Waals surface area contributed by atoms with Crippen molar-refractivity contribution in [3.05, 3.63) is 59.2 Å². The molecule has 0 atom stereocenters. The van der Waals surface area contributed by atoms with Crippen molar-refractivity contribution in [2.24, 2.45) is 0 Å². The topological polar surface area (TPSA) is 67.4 Å². The third-order valence-electron chi connectivity index (χ3n) is 5.54. The summed E-state index contributed by atoms with van der Waals surface area (Å²) in [6.45, 7) is 6.08. The molecule has 2 aromatic carbocycles. The molecule has 0 saturated heterocycles. The second-order valence-corrected chi connectivity index (χ2v) is 8.39. The number of hydrogen-bond donors (Lipinski definition) is 2. The van der Waals surface area contributed by atoms with E-state index >= 15 is 0 Å². The highest BCUT2D eigenvalue weighted by molar-refractivity contribution is 6.04. The molecule has 0 aliphatic heterocycles. The van der Waals surface area contributed by atoms with Crippen LogP contribution in [-0.2, 0) is 4.79 Å². The van der Waals surface area contributed by atoms with E-state index in [9.17, 15) is 9.59 Å². The Morgan fingerprint density at radius 1 is 1.07 bits per heavy atom. The average Bonchev–Trinajstić information content (AvgIpc) is 2.73. The number of carbonyl (C=O) groups excluding carboxylic acids is 2. The van der Waals surface area contributed by atoms with E-state index in [0.717, 1.165) is 42.6 Å². The highest BCUT2D eigenvalue weighted by Crippen LogP contribution is 2.27. The molecular formula is C25H32N2O3. The van der Waals surface area contributed by atoms with Gasteiger partial charge in [0.25, 0.3) is 11.8 Å². The minimum atomic E-state index is -0.288. The minimum Gasteiger partial charge on any atom is -0.483 e. The summed E-state index contributed by atoms with van der Waals surface area (Å²) < 4.78 is 5.82. The molecule has 0 heterocycles. The molecule has 0 spiro atoms. The fourth-order valence-electron chi connectivity index (χ4n) is 3.87. The molecule has 30 heavy (non-hydrogen) atoms. The number of carbonyl (C=O) groups is 2. The van der Waals surface area contributed by atoms with Gasteiger partial charge in [-0.25, -0.2) is 0 Å². The van der Waals surface area contributed by atoms with E-state index < -0.39 is 0 Å². The van der Waals surface area contributed by atoms with Crippen molar-refractivity contribution in [3.63, 3.8) is 0 Å². The predicted octanol–water partition coefficient (Wildman–Crippen LogP) is 5.20. The van der Waals surface area contributed by atoms with Crippen LogP contribution in [0.3, 0.4) is 0 Å². The second kappa shape index (κ2) is 10.3. The molecule has 1 aliphatic carbocycles. The lowest BCUT2D eigenvalue weighted by Gasteiger charge is -2.23. The normalized spacial score (nSPS) is 14.4. The Morgan fingerprint density at radius 2 is 1.80 bits per heavy atom. The first-order chi connectivity index (χ1) is 14.4. The van der Waals surface area contributed by atoms with Gasteiger partial charge in [0, 0.05) is 6.04 Å². The lowest BCUT2D eigenvalue weighted by atomic mass is 9.95. The van der Waals surface area contributed by atoms with Crippen LogP contribution in [0.25, 0.3) is 0 Å². The molecule has 2 aromatic rings. The molecule has 1 saturated carbocycles. The molecular weight excluding hydrogens is 376 g/mol. The van der Waals surface area contributed by atoms with Gasteiger partial charge in [-0.05, 0) is 55.0 Å². The van der Waals surface area contributed by atoms with E-state index in [1.807, 2.05) is 37.3 Å². The molecule has 2 amide bonds. The Balaban J connectivity index is 1.63. The Kier molecular flexibility index (Phi) is 7.50. The van der Waals surface area contributed by atoms with Crippen LogP contribution in [0, 0.1) is 6.92 Å². The number of aryl methyl sites for hydroxylation is 1. The Morgan fingerprint density at radius 3 is 2.53 bits per heavy atom. The summed E-state index contributed by atoms with van der Waals surface area (Å²) in [6, 6.07) is 13.4. The van der Waals surface area contributed by atoms with Crippen molar-refractivity contribution in [2.75, 3.05) is 11.9 Å². The lowest BCUT2D eigenvalue weighted by molar-refractivity contribution is -0.118. The molecule has 0 unspecified atom stereocenters. The maximum atomic E-state index is 12.8. The number of ether oxygens (including phenoxy) is 1. The number of para-hydroxylation sites is 1. The van der Waals surface area contributed by atoms with Crippen molar-refractivity contribution >= 4 is 17.5 Å². The number of benzene rings is 2. The first-order valence-electron chi connectivity index (χ1n) is 10.9. The van der Waals surface area contributed by atoms with E-state index in [0.29, 0.717) is 17.2 Å². The van der Waals surface area contributed by atoms with Crippen LogP contribution in [0.4, 0.5) is 5.69 Å². The quantitative estimate of drug-likeness (QED) is 0.662. The molecule has 0 aromatic heterocycles. The minimum absolute atomic E-state index is 0.109. The van der Waals surface area contributed by atoms with Gasteiger partial charge in [-0.2, -0.15) is 0 Å². The van der Waals surface area contributed by atoms with Gasteiger partial charge in [-0.15, -0.1) is 0 Å². The van der Waals surface area contributed by atoms with Gasteiger partial charge in [0.05, 0.1) is 11.3 Å². The number of rotatable bonds is 7. The molecule has 2 N–H and O–H groups in total. The van der Waals surface area contributed by atoms with Gasteiger partial charge in [0.15, 0.2) is 6.61 Å². The van der Waals surface area contributed by atoms with Gasteiger partial charge < -0.3 is 15.4 Å². The fourth-order valence-corrected chi connectivity index (χ4v) is 3.87. The summed E-state index contributed by atoms with van der Waals surface area (Å²) in [6.07, 6.45) is 5.57. The van der Waals surface area contributed by atoms with Crippen LogP contribution in [0.2, 0.25) is 0 Å². The maximum absolute atomic E-state index is 12.8. The van der Waals surface area contributed by atoms with E-state index in [4.69, 9.17) is 4.74 Å². The lowest BCUT2D eigenvalue weighted by Crippen LogP contribution is -2.36. The zero-order valence-electron chi connectivity index (χ0n) is 18.2. The number of nitrogens with one attached hydrogen (secondary N) is 2. The van der Waals surface area contributed by atoms with Crippen molar-refractivity contribution in [3.8, 4) is 5.75 Å². The summed E-state index contributed by atoms with van der Waals surface area (Å²) in [7, 11) is 0. The molecule has 160 valence electrons. The van der Waals surface area contributed by atoms with Crippen LogP contribution in [0.15, 0.2) is 42.5 Å². The molecule has 5 nitrogen and oxygen atoms in total. The third kappa shape index (κ3) is 5.85. The average molecular weight is 409 g/mol. The van der Waals surface area contributed by atoms with Crippen molar-refractivity contribution in [1.82, 2.24) is 5.32 Å². The molecule has 5 heteroatoms. The standard InChI is InChI=1S/C25H32N2O3/c1-17(2)20-14-13-18(3)15-23(20)30-16-24(28)27-22-12-8-7-11-21(22)25(29)26-19-9-5-4-6-10-19/h7-8,11-15,17,19H,4-6,9-10,16H2,1-3H3,(H,26,29)(H,27,28). The Bertz CT molecular complexity index is 886. The van der Waals surface area contributed by atoms with Crippen LogP contribution in [0.5, 0.6) is 5.75 Å². The SMILES string of the molecule is Cc1ccc(C(C)C)c(OCC(=O)Nc2ccccc2C(=O)NC2CCCCC2)c1. The first-order valence-corrected chi connectivity index (χ1v) is 10.9. The van der Waals surface area contributed by atoms with E-state index in [-0.39, 0.29) is 24.5 Å². The van der Waals surface area contributed by atoms with E-state index in [1.165, 1.54) is 6.42 Å². The first kappa shape index (κ1) is 21.9. The third-order valence-corrected chi connectivity index (χ3v) is 5.54. The molecule has 3 rings (SSSR count). The van der Waals surface area contributed by atoms with Gasteiger partial charge in [0.1, 0.15) is 5.75 Å². The highest BCUT2D eigenvalue weighted by Gasteiger charge is 2.19. The number of anilines is 1. The zero-order chi connectivity index (χ0) is 21.5. The van der Waals surface area contributed by atoms with Crippen LogP contribution in [-0.4, -0.2) is 24.5 Å². The maximum Gasteiger partial charge on any atom is 0.262 e. The summed E-state index contributed by atoms with van der Waals surface area (Å²) >= 11 is 0. The second-order valence-electron chi connectivity index (χ2n) is 8.39. The summed E-state index contributed by atoms with van der Waals surface area (Å²) in [4.78, 5) is 25.3. The predicted molar refractivity (Wildman–Crippen MR) is 120 cm³/mol. The van der Waals surface area contributed by atoms with Gasteiger partial charge in [-0.1, -0.05) is 57.4 Å². The van der Waals surface area contributed by atoms with E-state index in [1.54, 1.807) is 12.1 Å². The number of amides is 2. The highest BCUT2D eigenvalue weighted by atomic mass is 16.5. The monoisotopic (exact) mass is 408 g/mol. The number of hydrogen-bond acceptors (Lipinski definition) is 3. The summed E-state index contributed by atoms with van der Waals surface area (Å²) in [5, 5.41) is 5.95. The van der Waals surface area contributed by atoms with Crippen molar-refractivity contribution in [2.45, 2.75) is 64.8 Å². The van der Waals surface area contributed by atoms with Crippen LogP contribution in [0.1, 0.15) is 73.4 Å². The summed E-state index contributed by atoms with van der Waals surface area (Å²) in [5.74, 6) is 0.597. The van der Waals surface area contributed by atoms with Crippen molar-refractivity contribution in [1.29, 1.82) is 0 Å². The van der Waals surface area contributed by atoms with E-state index in [2.05, 4.69) is 24.5 Å². The van der Waals surface area contributed by atoms with Gasteiger partial charge in [-0.3, -0.25) is 9.59 Å².